The van der Waals surface area contributed by atoms with Crippen molar-refractivity contribution in [3.8, 4) is 11.5 Å². The van der Waals surface area contributed by atoms with E-state index >= 15 is 0 Å². The monoisotopic (exact) mass is 504 g/mol. The number of hydrogen-bond donors (Lipinski definition) is 1. The van der Waals surface area contributed by atoms with Crippen LogP contribution in [0.4, 0.5) is 14.9 Å². The normalized spacial score (nSPS) is 15.5. The molecule has 1 aliphatic carbocycles. The number of ether oxygens (including phenoxy) is 1. The van der Waals surface area contributed by atoms with E-state index in [2.05, 4.69) is 10.6 Å². The number of carbonyl (C=O) groups is 2. The van der Waals surface area contributed by atoms with E-state index in [1.165, 1.54) is 6.07 Å². The van der Waals surface area contributed by atoms with E-state index < -0.39 is 17.4 Å². The van der Waals surface area contributed by atoms with Crippen molar-refractivity contribution in [2.45, 2.75) is 52.2 Å². The number of aromatic carboxylic acids is 1. The number of fused-ring (bicyclic) bond motifs is 4. The molecule has 192 valence electrons. The number of carboxylic acid groups (broad SMARTS) is 1. The van der Waals surface area contributed by atoms with E-state index in [1.54, 1.807) is 16.5 Å². The number of rotatable bonds is 4. The summed E-state index contributed by atoms with van der Waals surface area (Å²) in [6.45, 7) is 6.92. The zero-order chi connectivity index (χ0) is 26.2. The summed E-state index contributed by atoms with van der Waals surface area (Å²) >= 11 is 0. The number of amides is 1. The molecule has 1 amide bonds. The summed E-state index contributed by atoms with van der Waals surface area (Å²) in [6, 6.07) is 8.48. The molecule has 3 heterocycles. The number of aromatic nitrogens is 3. The maximum Gasteiger partial charge on any atom is 0.414 e. The molecule has 0 unspecified atom stereocenters. The number of imidazole rings is 1. The number of hydrogen-bond acceptors (Lipinski definition) is 4. The van der Waals surface area contributed by atoms with Crippen LogP contribution in [0.2, 0.25) is 0 Å². The first kappa shape index (κ1) is 23.5. The first-order valence-corrected chi connectivity index (χ1v) is 12.6. The van der Waals surface area contributed by atoms with Crippen LogP contribution in [-0.4, -0.2) is 43.4 Å². The van der Waals surface area contributed by atoms with Gasteiger partial charge in [0.1, 0.15) is 16.9 Å². The summed E-state index contributed by atoms with van der Waals surface area (Å²) < 4.78 is 24.6. The van der Waals surface area contributed by atoms with Crippen molar-refractivity contribution in [3.05, 3.63) is 47.3 Å². The average molecular weight is 505 g/mol. The molecule has 0 saturated heterocycles. The maximum absolute atomic E-state index is 15.0. The summed E-state index contributed by atoms with van der Waals surface area (Å²) in [7, 11) is 1.75. The van der Waals surface area contributed by atoms with Gasteiger partial charge in [-0.1, -0.05) is 6.07 Å². The lowest BCUT2D eigenvalue weighted by Crippen LogP contribution is -2.35. The van der Waals surface area contributed by atoms with Crippen LogP contribution in [0.15, 0.2) is 30.3 Å². The van der Waals surface area contributed by atoms with Crippen LogP contribution in [0, 0.1) is 11.7 Å². The molecule has 1 N–H and O–H groups in total. The fourth-order valence-corrected chi connectivity index (χ4v) is 5.36. The Morgan fingerprint density at radius 1 is 1.16 bits per heavy atom. The number of anilines is 1. The lowest BCUT2D eigenvalue weighted by atomic mass is 10.1. The third kappa shape index (κ3) is 3.93. The first-order valence-electron chi connectivity index (χ1n) is 12.6. The SMILES string of the molecule is Cn1c(-c2cc3ccc4c(c3n2CC2CC2)CCN4C(=O)OC(C)(C)C)nc2cc(C(=O)O)cc(F)c21. The van der Waals surface area contributed by atoms with Gasteiger partial charge in [0.25, 0.3) is 0 Å². The number of carboxylic acids is 1. The molecule has 8 nitrogen and oxygen atoms in total. The van der Waals surface area contributed by atoms with E-state index in [0.717, 1.165) is 53.3 Å². The Kier molecular flexibility index (Phi) is 5.12. The summed E-state index contributed by atoms with van der Waals surface area (Å²) in [6.07, 6.45) is 2.65. The minimum atomic E-state index is -1.19. The number of benzene rings is 2. The van der Waals surface area contributed by atoms with Crippen molar-refractivity contribution in [1.29, 1.82) is 0 Å². The molecule has 0 atom stereocenters. The molecule has 6 rings (SSSR count). The molecule has 2 aromatic heterocycles. The quantitative estimate of drug-likeness (QED) is 0.383. The highest BCUT2D eigenvalue weighted by Gasteiger charge is 2.33. The fraction of sp³-hybridized carbons (Fsp3) is 0.393. The second-order valence-electron chi connectivity index (χ2n) is 11.1. The van der Waals surface area contributed by atoms with Gasteiger partial charge in [-0.25, -0.2) is 19.0 Å². The highest BCUT2D eigenvalue weighted by molar-refractivity contribution is 5.99. The standard InChI is InChI=1S/C28H29FN4O4/c1-28(2,3)37-27(36)32-10-9-18-21(32)8-7-16-13-22(33(23(16)18)14-15-5-6-15)25-30-20-12-17(26(34)35)11-19(29)24(20)31(25)4/h7-8,11-13,15H,5-6,9-10,14H2,1-4H3,(H,34,35). The molecule has 4 aromatic rings. The van der Waals surface area contributed by atoms with E-state index in [1.807, 2.05) is 32.9 Å². The Bertz CT molecular complexity index is 1610. The number of halogens is 1. The van der Waals surface area contributed by atoms with Gasteiger partial charge in [-0.2, -0.15) is 0 Å². The van der Waals surface area contributed by atoms with Crippen LogP contribution >= 0.6 is 0 Å². The predicted octanol–water partition coefficient (Wildman–Crippen LogP) is 5.74. The van der Waals surface area contributed by atoms with Gasteiger partial charge in [-0.15, -0.1) is 0 Å². The predicted molar refractivity (Wildman–Crippen MR) is 139 cm³/mol. The molecule has 1 saturated carbocycles. The Morgan fingerprint density at radius 2 is 1.92 bits per heavy atom. The molecule has 1 fully saturated rings. The summed E-state index contributed by atoms with van der Waals surface area (Å²) in [5.41, 5.74) is 3.71. The first-order chi connectivity index (χ1) is 17.5. The van der Waals surface area contributed by atoms with Crippen molar-refractivity contribution in [3.63, 3.8) is 0 Å². The van der Waals surface area contributed by atoms with Crippen molar-refractivity contribution in [2.75, 3.05) is 11.4 Å². The molecule has 37 heavy (non-hydrogen) atoms. The number of aryl methyl sites for hydroxylation is 1. The van der Waals surface area contributed by atoms with Crippen molar-refractivity contribution >= 4 is 39.7 Å². The lowest BCUT2D eigenvalue weighted by Gasteiger charge is -2.24. The molecular weight excluding hydrogens is 475 g/mol. The molecule has 2 aliphatic rings. The van der Waals surface area contributed by atoms with Crippen LogP contribution in [0.25, 0.3) is 33.5 Å². The van der Waals surface area contributed by atoms with Crippen LogP contribution in [0.1, 0.15) is 49.5 Å². The third-order valence-electron chi connectivity index (χ3n) is 7.17. The van der Waals surface area contributed by atoms with Crippen LogP contribution in [0.5, 0.6) is 0 Å². The summed E-state index contributed by atoms with van der Waals surface area (Å²) in [4.78, 5) is 30.8. The van der Waals surface area contributed by atoms with Crippen LogP contribution in [-0.2, 0) is 24.8 Å². The smallest absolute Gasteiger partial charge is 0.414 e. The van der Waals surface area contributed by atoms with Gasteiger partial charge in [0.2, 0.25) is 0 Å². The Labute approximate surface area is 213 Å². The number of nitrogens with zero attached hydrogens (tertiary/aromatic N) is 4. The second-order valence-corrected chi connectivity index (χ2v) is 11.1. The van der Waals surface area contributed by atoms with Crippen LogP contribution < -0.4 is 4.90 Å². The van der Waals surface area contributed by atoms with Crippen molar-refractivity contribution in [2.24, 2.45) is 13.0 Å². The fourth-order valence-electron chi connectivity index (χ4n) is 5.36. The van der Waals surface area contributed by atoms with Crippen molar-refractivity contribution in [1.82, 2.24) is 14.1 Å². The van der Waals surface area contributed by atoms with Gasteiger partial charge in [0.15, 0.2) is 5.82 Å². The van der Waals surface area contributed by atoms with E-state index in [0.29, 0.717) is 30.2 Å². The van der Waals surface area contributed by atoms with E-state index in [-0.39, 0.29) is 17.2 Å². The largest absolute Gasteiger partial charge is 0.478 e. The van der Waals surface area contributed by atoms with Gasteiger partial charge >= 0.3 is 12.1 Å². The third-order valence-corrected chi connectivity index (χ3v) is 7.17. The second kappa shape index (κ2) is 8.06. The Morgan fingerprint density at radius 3 is 2.59 bits per heavy atom. The van der Waals surface area contributed by atoms with Gasteiger partial charge in [-0.3, -0.25) is 4.90 Å². The van der Waals surface area contributed by atoms with Crippen molar-refractivity contribution < 1.29 is 23.8 Å². The summed E-state index contributed by atoms with van der Waals surface area (Å²) in [5, 5.41) is 10.4. The van der Waals surface area contributed by atoms with Gasteiger partial charge in [0.05, 0.1) is 28.0 Å². The lowest BCUT2D eigenvalue weighted by molar-refractivity contribution is 0.0583. The molecule has 0 spiro atoms. The number of carbonyl (C=O) groups excluding carboxylic acids is 1. The highest BCUT2D eigenvalue weighted by atomic mass is 19.1. The molecule has 1 aliphatic heterocycles. The minimum absolute atomic E-state index is 0.131. The molecule has 2 aromatic carbocycles. The highest BCUT2D eigenvalue weighted by Crippen LogP contribution is 2.41. The molecular formula is C28H29FN4O4. The minimum Gasteiger partial charge on any atom is -0.478 e. The zero-order valence-electron chi connectivity index (χ0n) is 21.3. The van der Waals surface area contributed by atoms with E-state index in [9.17, 15) is 19.1 Å². The van der Waals surface area contributed by atoms with Gasteiger partial charge in [0, 0.05) is 31.1 Å². The molecule has 0 bridgehead atoms. The maximum atomic E-state index is 15.0. The molecule has 9 heteroatoms. The topological polar surface area (TPSA) is 89.6 Å². The van der Waals surface area contributed by atoms with Crippen LogP contribution in [0.3, 0.4) is 0 Å². The van der Waals surface area contributed by atoms with Gasteiger partial charge in [-0.05, 0) is 70.2 Å². The van der Waals surface area contributed by atoms with E-state index in [4.69, 9.17) is 9.72 Å². The average Bonchev–Trinajstić information content (AvgIpc) is 3.25. The zero-order valence-corrected chi connectivity index (χ0v) is 21.3. The molecule has 0 radical (unpaired) electrons. The Hall–Kier alpha value is -3.88. The Balaban J connectivity index is 1.52. The summed E-state index contributed by atoms with van der Waals surface area (Å²) in [5.74, 6) is -0.682. The van der Waals surface area contributed by atoms with Gasteiger partial charge < -0.3 is 19.0 Å².